The van der Waals surface area contributed by atoms with Crippen LogP contribution in [0.5, 0.6) is 0 Å². The highest BCUT2D eigenvalue weighted by atomic mass is 16.4. The highest BCUT2D eigenvalue weighted by Gasteiger charge is 2.42. The maximum absolute atomic E-state index is 11.1. The number of allylic oxidation sites excluding steroid dienone is 9. The molecule has 0 fully saturated rings. The number of carboxylic acid groups (broad SMARTS) is 1. The van der Waals surface area contributed by atoms with Crippen LogP contribution in [-0.2, 0) is 10.2 Å². The van der Waals surface area contributed by atoms with E-state index in [1.165, 1.54) is 59.9 Å². The third-order valence-electron chi connectivity index (χ3n) is 11.0. The maximum Gasteiger partial charge on any atom is 0.303 e. The summed E-state index contributed by atoms with van der Waals surface area (Å²) in [5.41, 5.74) is 7.70. The van der Waals surface area contributed by atoms with Gasteiger partial charge in [-0.15, -0.1) is 0 Å². The van der Waals surface area contributed by atoms with Gasteiger partial charge in [0.2, 0.25) is 0 Å². The molecular weight excluding hydrogens is 604 g/mol. The summed E-state index contributed by atoms with van der Waals surface area (Å²) in [7, 11) is 9.44. The first kappa shape index (κ1) is 40.2. The number of rotatable bonds is 19. The molecule has 49 heavy (non-hydrogen) atoms. The Labute approximate surface area is 299 Å². The number of carboxylic acids is 1. The quantitative estimate of drug-likeness (QED) is 0.0692. The zero-order valence-electron chi connectivity index (χ0n) is 33.0. The summed E-state index contributed by atoms with van der Waals surface area (Å²) in [6.07, 6.45) is 23.2. The lowest BCUT2D eigenvalue weighted by molar-refractivity contribution is -0.909. The number of benzene rings is 1. The van der Waals surface area contributed by atoms with Gasteiger partial charge in [0.15, 0.2) is 18.5 Å². The number of nitrogens with zero attached hydrogens (tertiary/aromatic N) is 4. The summed E-state index contributed by atoms with van der Waals surface area (Å²) in [6, 6.07) is 6.66. The van der Waals surface area contributed by atoms with Crippen molar-refractivity contribution in [3.8, 4) is 0 Å². The molecule has 0 saturated carbocycles. The van der Waals surface area contributed by atoms with E-state index in [1.807, 2.05) is 0 Å². The van der Waals surface area contributed by atoms with Crippen LogP contribution in [0.2, 0.25) is 0 Å². The van der Waals surface area contributed by atoms with Crippen molar-refractivity contribution in [2.75, 3.05) is 72.4 Å². The van der Waals surface area contributed by atoms with Gasteiger partial charge in [0, 0.05) is 47.8 Å². The Balaban J connectivity index is 1.88. The molecule has 0 unspecified atom stereocenters. The molecule has 0 bridgehead atoms. The molecule has 6 nitrogen and oxygen atoms in total. The van der Waals surface area contributed by atoms with Crippen LogP contribution in [0.4, 0.5) is 5.69 Å². The van der Waals surface area contributed by atoms with E-state index in [0.29, 0.717) is 0 Å². The van der Waals surface area contributed by atoms with Crippen LogP contribution >= 0.6 is 0 Å². The monoisotopic (exact) mass is 674 g/mol. The molecular formula is C43H69N4O2+3. The normalized spacial score (nSPS) is 18.6. The second-order valence-corrected chi connectivity index (χ2v) is 16.6. The van der Waals surface area contributed by atoms with E-state index < -0.39 is 5.97 Å². The topological polar surface area (TPSA) is 43.5 Å². The fourth-order valence-corrected chi connectivity index (χ4v) is 7.38. The molecule has 2 aliphatic heterocycles. The van der Waals surface area contributed by atoms with Crippen LogP contribution < -0.4 is 4.90 Å². The number of anilines is 1. The second-order valence-electron chi connectivity index (χ2n) is 16.6. The van der Waals surface area contributed by atoms with Gasteiger partial charge < -0.3 is 19.0 Å². The fraction of sp³-hybridized carbons (Fsp3) is 0.581. The number of hydrogen-bond donors (Lipinski definition) is 1. The predicted molar refractivity (Wildman–Crippen MR) is 209 cm³/mol. The minimum atomic E-state index is -0.709. The van der Waals surface area contributed by atoms with Gasteiger partial charge in [-0.1, -0.05) is 68.8 Å². The maximum atomic E-state index is 11.1. The summed E-state index contributed by atoms with van der Waals surface area (Å²) in [6.45, 7) is 22.6. The van der Waals surface area contributed by atoms with E-state index in [2.05, 4.69) is 153 Å². The Hall–Kier alpha value is -3.22. The highest BCUT2D eigenvalue weighted by molar-refractivity contribution is 5.99. The molecule has 3 rings (SSSR count). The van der Waals surface area contributed by atoms with Gasteiger partial charge >= 0.3 is 5.97 Å². The largest absolute Gasteiger partial charge is 0.481 e. The van der Waals surface area contributed by atoms with Gasteiger partial charge in [-0.2, -0.15) is 0 Å². The second kappa shape index (κ2) is 17.1. The van der Waals surface area contributed by atoms with Crippen molar-refractivity contribution in [2.45, 2.75) is 92.4 Å². The molecule has 0 spiro atoms. The highest BCUT2D eigenvalue weighted by Crippen LogP contribution is 2.49. The first-order valence-corrected chi connectivity index (χ1v) is 18.7. The predicted octanol–water partition coefficient (Wildman–Crippen LogP) is 8.64. The van der Waals surface area contributed by atoms with Crippen molar-refractivity contribution in [3.05, 3.63) is 89.3 Å². The van der Waals surface area contributed by atoms with Gasteiger partial charge in [0.1, 0.15) is 0 Å². The van der Waals surface area contributed by atoms with E-state index in [-0.39, 0.29) is 17.3 Å². The number of aryl methyl sites for hydroxylation is 1. The van der Waals surface area contributed by atoms with Gasteiger partial charge in [0.25, 0.3) is 0 Å². The third-order valence-corrected chi connectivity index (χ3v) is 11.0. The average molecular weight is 674 g/mol. The Morgan fingerprint density at radius 2 is 1.57 bits per heavy atom. The summed E-state index contributed by atoms with van der Waals surface area (Å²) >= 11 is 0. The molecule has 1 aromatic rings. The van der Waals surface area contributed by atoms with E-state index in [1.54, 1.807) is 0 Å². The van der Waals surface area contributed by atoms with Gasteiger partial charge in [-0.3, -0.25) is 4.79 Å². The van der Waals surface area contributed by atoms with Crippen LogP contribution in [-0.4, -0.2) is 97.8 Å². The van der Waals surface area contributed by atoms with Crippen molar-refractivity contribution in [3.63, 3.8) is 0 Å². The van der Waals surface area contributed by atoms with E-state index in [9.17, 15) is 4.79 Å². The van der Waals surface area contributed by atoms with E-state index in [0.717, 1.165) is 54.3 Å². The van der Waals surface area contributed by atoms with Crippen molar-refractivity contribution in [1.29, 1.82) is 0 Å². The number of fused-ring (bicyclic) bond motifs is 1. The minimum Gasteiger partial charge on any atom is -0.481 e. The molecule has 0 aromatic heterocycles. The number of hydrogen-bond acceptors (Lipinski definition) is 2. The smallest absolute Gasteiger partial charge is 0.303 e. The first-order chi connectivity index (χ1) is 23.0. The zero-order chi connectivity index (χ0) is 36.5. The van der Waals surface area contributed by atoms with Crippen LogP contribution in [0.3, 0.4) is 0 Å². The lowest BCUT2D eigenvalue weighted by Crippen LogP contribution is -2.46. The molecule has 1 aromatic carbocycles. The number of carbonyl (C=O) groups is 1. The van der Waals surface area contributed by atoms with E-state index in [4.69, 9.17) is 5.11 Å². The minimum absolute atomic E-state index is 0.115. The van der Waals surface area contributed by atoms with Gasteiger partial charge in [-0.05, 0) is 64.7 Å². The molecule has 0 atom stereocenters. The van der Waals surface area contributed by atoms with Crippen molar-refractivity contribution in [1.82, 2.24) is 0 Å². The SMILES string of the molecule is C/C=C\C=C/C1=C[N+](CCC[N+](C)(C)CCC[N+](C)(C)CC)=C(/C=C/C=C2/N(CCCCCC(=O)O)c3c(C)cccc3C2(C)C)C1(C)C. The molecule has 6 heteroatoms. The molecule has 0 aliphatic carbocycles. The summed E-state index contributed by atoms with van der Waals surface area (Å²) < 4.78 is 4.64. The number of aliphatic carboxylic acids is 1. The van der Waals surface area contributed by atoms with Crippen LogP contribution in [0.25, 0.3) is 0 Å². The number of quaternary nitrogens is 2. The van der Waals surface area contributed by atoms with Gasteiger partial charge in [-0.25, -0.2) is 4.58 Å². The van der Waals surface area contributed by atoms with Gasteiger partial charge in [0.05, 0.1) is 66.2 Å². The first-order valence-electron chi connectivity index (χ1n) is 18.7. The summed E-state index contributed by atoms with van der Waals surface area (Å²) in [5.74, 6) is -0.709. The van der Waals surface area contributed by atoms with Crippen molar-refractivity contribution in [2.24, 2.45) is 5.41 Å². The van der Waals surface area contributed by atoms with Crippen LogP contribution in [0, 0.1) is 12.3 Å². The lowest BCUT2D eigenvalue weighted by Gasteiger charge is -2.32. The third kappa shape index (κ3) is 10.6. The van der Waals surface area contributed by atoms with Crippen LogP contribution in [0.1, 0.15) is 91.2 Å². The summed E-state index contributed by atoms with van der Waals surface area (Å²) in [4.78, 5) is 13.6. The molecule has 0 saturated heterocycles. The Kier molecular flexibility index (Phi) is 14.1. The number of unbranched alkanes of at least 4 members (excludes halogenated alkanes) is 2. The Bertz CT molecular complexity index is 1480. The molecule has 1 N–H and O–H groups in total. The molecule has 0 amide bonds. The Morgan fingerprint density at radius 1 is 0.878 bits per heavy atom. The standard InChI is InChI=1S/C43H68N4O2/c1-12-14-16-24-36-34-44(29-21-31-47(10,11)33-22-32-46(8,9)13-2)38(42(36,4)5)26-20-27-39-43(6,7)37-25-19-23-35(3)41(37)45(39)30-18-15-17-28-40(48)49/h12,14,16,19-20,23-27,34H,13,15,17-18,21-22,28-33H2,1-11H3/q+2/p+1/b14-12-,24-16-. The lowest BCUT2D eigenvalue weighted by atomic mass is 9.80. The van der Waals surface area contributed by atoms with Crippen molar-refractivity contribution >= 4 is 17.4 Å². The fourth-order valence-electron chi connectivity index (χ4n) is 7.38. The van der Waals surface area contributed by atoms with Crippen LogP contribution in [0.15, 0.2) is 78.2 Å². The summed E-state index contributed by atoms with van der Waals surface area (Å²) in [5, 5.41) is 9.12. The molecule has 2 heterocycles. The molecule has 0 radical (unpaired) electrons. The zero-order valence-corrected chi connectivity index (χ0v) is 33.0. The average Bonchev–Trinajstić information content (AvgIpc) is 3.38. The number of para-hydroxylation sites is 1. The Morgan fingerprint density at radius 3 is 2.24 bits per heavy atom. The molecule has 270 valence electrons. The van der Waals surface area contributed by atoms with Crippen molar-refractivity contribution < 1.29 is 23.4 Å². The molecule has 2 aliphatic rings. The van der Waals surface area contributed by atoms with E-state index >= 15 is 0 Å².